The maximum absolute atomic E-state index is 12.2. The lowest BCUT2D eigenvalue weighted by atomic mass is 10.1. The van der Waals surface area contributed by atoms with Gasteiger partial charge in [0.25, 0.3) is 0 Å². The van der Waals surface area contributed by atoms with Gasteiger partial charge in [0, 0.05) is 6.20 Å². The monoisotopic (exact) mass is 261 g/mol. The normalized spacial score (nSPS) is 12.3. The molecule has 0 aliphatic carbocycles. The van der Waals surface area contributed by atoms with Gasteiger partial charge in [-0.15, -0.1) is 0 Å². The van der Waals surface area contributed by atoms with Crippen molar-refractivity contribution < 1.29 is 9.32 Å². The van der Waals surface area contributed by atoms with Crippen molar-refractivity contribution in [2.45, 2.75) is 24.6 Å². The van der Waals surface area contributed by atoms with Crippen molar-refractivity contribution in [1.29, 1.82) is 0 Å². The molecule has 0 spiro atoms. The summed E-state index contributed by atoms with van der Waals surface area (Å²) in [4.78, 5) is 3.98. The SMILES string of the molecule is Cc1ccc(C)c(C[S@](=O)c2ncccc2O)c1. The largest absolute Gasteiger partial charge is 0.505 e. The Morgan fingerprint density at radius 2 is 2.06 bits per heavy atom. The van der Waals surface area contributed by atoms with E-state index >= 15 is 0 Å². The van der Waals surface area contributed by atoms with Crippen LogP contribution in [0.4, 0.5) is 0 Å². The molecule has 0 saturated carbocycles. The highest BCUT2D eigenvalue weighted by molar-refractivity contribution is 7.84. The predicted molar refractivity (Wildman–Crippen MR) is 71.9 cm³/mol. The molecule has 94 valence electrons. The molecule has 1 aromatic heterocycles. The van der Waals surface area contributed by atoms with Crippen molar-refractivity contribution in [3.63, 3.8) is 0 Å². The van der Waals surface area contributed by atoms with E-state index in [1.807, 2.05) is 32.0 Å². The van der Waals surface area contributed by atoms with Crippen LogP contribution in [0.15, 0.2) is 41.6 Å². The Morgan fingerprint density at radius 3 is 2.78 bits per heavy atom. The van der Waals surface area contributed by atoms with Crippen LogP contribution in [0, 0.1) is 13.8 Å². The van der Waals surface area contributed by atoms with Gasteiger partial charge < -0.3 is 5.11 Å². The van der Waals surface area contributed by atoms with Crippen LogP contribution in [0.1, 0.15) is 16.7 Å². The van der Waals surface area contributed by atoms with Gasteiger partial charge in [-0.05, 0) is 37.1 Å². The Bertz CT molecular complexity index is 596. The average molecular weight is 261 g/mol. The number of rotatable bonds is 3. The fraction of sp³-hybridized carbons (Fsp3) is 0.214. The number of nitrogens with zero attached hydrogens (tertiary/aromatic N) is 1. The molecule has 0 saturated heterocycles. The quantitative estimate of drug-likeness (QED) is 0.924. The molecule has 1 atom stereocenters. The molecule has 1 aromatic carbocycles. The first-order valence-electron chi connectivity index (χ1n) is 5.66. The molecule has 2 rings (SSSR count). The van der Waals surface area contributed by atoms with Crippen molar-refractivity contribution in [2.24, 2.45) is 0 Å². The summed E-state index contributed by atoms with van der Waals surface area (Å²) in [7, 11) is -1.33. The molecule has 0 unspecified atom stereocenters. The van der Waals surface area contributed by atoms with Crippen molar-refractivity contribution >= 4 is 10.8 Å². The van der Waals surface area contributed by atoms with E-state index in [2.05, 4.69) is 4.98 Å². The van der Waals surface area contributed by atoms with E-state index < -0.39 is 10.8 Å². The third kappa shape index (κ3) is 2.76. The van der Waals surface area contributed by atoms with Crippen molar-refractivity contribution in [2.75, 3.05) is 0 Å². The molecular formula is C14H15NO2S. The lowest BCUT2D eigenvalue weighted by Crippen LogP contribution is -2.01. The fourth-order valence-electron chi connectivity index (χ4n) is 1.72. The zero-order valence-corrected chi connectivity index (χ0v) is 11.2. The zero-order chi connectivity index (χ0) is 13.1. The van der Waals surface area contributed by atoms with Crippen molar-refractivity contribution in [3.05, 3.63) is 53.2 Å². The van der Waals surface area contributed by atoms with Crippen LogP contribution < -0.4 is 0 Å². The second-order valence-electron chi connectivity index (χ2n) is 4.25. The maximum Gasteiger partial charge on any atom is 0.169 e. The highest BCUT2D eigenvalue weighted by atomic mass is 32.2. The minimum Gasteiger partial charge on any atom is -0.505 e. The number of aromatic nitrogens is 1. The molecule has 0 bridgehead atoms. The summed E-state index contributed by atoms with van der Waals surface area (Å²) in [5.74, 6) is 0.360. The van der Waals surface area contributed by atoms with Crippen LogP contribution in [0.3, 0.4) is 0 Å². The molecule has 1 N–H and O–H groups in total. The molecule has 0 radical (unpaired) electrons. The average Bonchev–Trinajstić information content (AvgIpc) is 2.34. The van der Waals surface area contributed by atoms with Crippen LogP contribution in [0.25, 0.3) is 0 Å². The van der Waals surface area contributed by atoms with Crippen LogP contribution in [-0.4, -0.2) is 14.3 Å². The van der Waals surface area contributed by atoms with Gasteiger partial charge in [-0.1, -0.05) is 23.8 Å². The molecule has 18 heavy (non-hydrogen) atoms. The number of hydrogen-bond donors (Lipinski definition) is 1. The van der Waals surface area contributed by atoms with Gasteiger partial charge in [-0.3, -0.25) is 4.21 Å². The highest BCUT2D eigenvalue weighted by Gasteiger charge is 2.12. The van der Waals surface area contributed by atoms with Crippen LogP contribution in [0.2, 0.25) is 0 Å². The van der Waals surface area contributed by atoms with E-state index in [0.29, 0.717) is 5.75 Å². The lowest BCUT2D eigenvalue weighted by Gasteiger charge is -2.07. The summed E-state index contributed by atoms with van der Waals surface area (Å²) >= 11 is 0. The molecule has 2 aromatic rings. The van der Waals surface area contributed by atoms with Crippen LogP contribution >= 0.6 is 0 Å². The van der Waals surface area contributed by atoms with E-state index in [0.717, 1.165) is 16.7 Å². The Balaban J connectivity index is 2.27. The molecule has 4 heteroatoms. The van der Waals surface area contributed by atoms with Gasteiger partial charge in [0.15, 0.2) is 5.03 Å². The Hall–Kier alpha value is -1.68. The van der Waals surface area contributed by atoms with E-state index in [1.165, 1.54) is 12.3 Å². The fourth-order valence-corrected chi connectivity index (χ4v) is 2.93. The van der Waals surface area contributed by atoms with Gasteiger partial charge in [0.05, 0.1) is 16.6 Å². The van der Waals surface area contributed by atoms with Crippen LogP contribution in [-0.2, 0) is 16.6 Å². The zero-order valence-electron chi connectivity index (χ0n) is 10.4. The summed E-state index contributed by atoms with van der Waals surface area (Å²) in [5, 5.41) is 9.88. The third-order valence-electron chi connectivity index (χ3n) is 2.76. The smallest absolute Gasteiger partial charge is 0.169 e. The van der Waals surface area contributed by atoms with E-state index in [4.69, 9.17) is 0 Å². The van der Waals surface area contributed by atoms with E-state index in [1.54, 1.807) is 6.07 Å². The first-order chi connectivity index (χ1) is 8.58. The first kappa shape index (κ1) is 12.8. The van der Waals surface area contributed by atoms with Gasteiger partial charge in [-0.25, -0.2) is 4.98 Å². The third-order valence-corrected chi connectivity index (χ3v) is 4.08. The molecule has 0 amide bonds. The molecule has 0 aliphatic heterocycles. The summed E-state index contributed by atoms with van der Waals surface area (Å²) in [5.41, 5.74) is 3.26. The molecule has 1 heterocycles. The van der Waals surface area contributed by atoms with Gasteiger partial charge >= 0.3 is 0 Å². The summed E-state index contributed by atoms with van der Waals surface area (Å²) in [6.07, 6.45) is 1.54. The first-order valence-corrected chi connectivity index (χ1v) is 6.98. The minimum atomic E-state index is -1.33. The summed E-state index contributed by atoms with van der Waals surface area (Å²) < 4.78 is 12.2. The summed E-state index contributed by atoms with van der Waals surface area (Å²) in [6, 6.07) is 9.19. The van der Waals surface area contributed by atoms with Gasteiger partial charge in [0.2, 0.25) is 0 Å². The lowest BCUT2D eigenvalue weighted by molar-refractivity contribution is 0.455. The number of pyridine rings is 1. The van der Waals surface area contributed by atoms with Crippen molar-refractivity contribution in [3.8, 4) is 5.75 Å². The predicted octanol–water partition coefficient (Wildman–Crippen LogP) is 2.71. The van der Waals surface area contributed by atoms with Crippen molar-refractivity contribution in [1.82, 2.24) is 4.98 Å². The number of hydrogen-bond acceptors (Lipinski definition) is 3. The molecule has 3 nitrogen and oxygen atoms in total. The van der Waals surface area contributed by atoms with E-state index in [-0.39, 0.29) is 10.8 Å². The summed E-state index contributed by atoms with van der Waals surface area (Å²) in [6.45, 7) is 3.99. The topological polar surface area (TPSA) is 50.2 Å². The maximum atomic E-state index is 12.2. The number of benzene rings is 1. The Morgan fingerprint density at radius 1 is 1.28 bits per heavy atom. The Kier molecular flexibility index (Phi) is 3.77. The van der Waals surface area contributed by atoms with E-state index in [9.17, 15) is 9.32 Å². The molecular weight excluding hydrogens is 246 g/mol. The standard InChI is InChI=1S/C14H15NO2S/c1-10-5-6-11(2)12(8-10)9-18(17)14-13(16)4-3-7-15-14/h3-8,16H,9H2,1-2H3/t18-/m0/s1. The molecule has 0 fully saturated rings. The molecule has 0 aliphatic rings. The number of aryl methyl sites for hydroxylation is 2. The minimum absolute atomic E-state index is 0.0128. The van der Waals surface area contributed by atoms with Gasteiger partial charge in [-0.2, -0.15) is 0 Å². The second-order valence-corrected chi connectivity index (χ2v) is 5.61. The van der Waals surface area contributed by atoms with Gasteiger partial charge in [0.1, 0.15) is 5.75 Å². The van der Waals surface area contributed by atoms with Crippen LogP contribution in [0.5, 0.6) is 5.75 Å². The number of aromatic hydroxyl groups is 1. The highest BCUT2D eigenvalue weighted by Crippen LogP contribution is 2.21. The Labute approximate surface area is 109 Å². The second kappa shape index (κ2) is 5.31.